The second-order valence-corrected chi connectivity index (χ2v) is 5.73. The highest BCUT2D eigenvalue weighted by Gasteiger charge is 2.09. The summed E-state index contributed by atoms with van der Waals surface area (Å²) in [6, 6.07) is 14.3. The fourth-order valence-electron chi connectivity index (χ4n) is 2.70. The molecule has 0 saturated carbocycles. The van der Waals surface area contributed by atoms with Crippen molar-refractivity contribution in [3.8, 4) is 11.5 Å². The van der Waals surface area contributed by atoms with Gasteiger partial charge in [-0.1, -0.05) is 30.3 Å². The van der Waals surface area contributed by atoms with E-state index < -0.39 is 0 Å². The van der Waals surface area contributed by atoms with Gasteiger partial charge in [-0.25, -0.2) is 0 Å². The van der Waals surface area contributed by atoms with Crippen LogP contribution in [0.3, 0.4) is 0 Å². The van der Waals surface area contributed by atoms with Gasteiger partial charge in [0.2, 0.25) is 0 Å². The average molecular weight is 314 g/mol. The van der Waals surface area contributed by atoms with Crippen molar-refractivity contribution in [2.45, 2.75) is 19.4 Å². The van der Waals surface area contributed by atoms with E-state index in [1.54, 1.807) is 14.2 Å². The fourth-order valence-corrected chi connectivity index (χ4v) is 2.70. The largest absolute Gasteiger partial charge is 0.496 e. The molecule has 0 amide bonds. The molecule has 0 bridgehead atoms. The van der Waals surface area contributed by atoms with Crippen LogP contribution >= 0.6 is 0 Å². The third-order valence-electron chi connectivity index (χ3n) is 3.91. The summed E-state index contributed by atoms with van der Waals surface area (Å²) in [6.07, 6.45) is 1.97. The predicted molar refractivity (Wildman–Crippen MR) is 95.1 cm³/mol. The molecular formula is C19H26N2O2. The Morgan fingerprint density at radius 2 is 1.70 bits per heavy atom. The van der Waals surface area contributed by atoms with E-state index in [1.165, 1.54) is 5.56 Å². The molecule has 0 radical (unpaired) electrons. The first-order chi connectivity index (χ1) is 11.1. The SMILES string of the molecule is COc1cc(OC)c(CCCN(C)Cc2ccccc2)cc1N. The van der Waals surface area contributed by atoms with Gasteiger partial charge in [-0.15, -0.1) is 0 Å². The lowest BCUT2D eigenvalue weighted by molar-refractivity contribution is 0.321. The minimum atomic E-state index is 0.654. The molecule has 0 unspecified atom stereocenters. The Labute approximate surface area is 138 Å². The topological polar surface area (TPSA) is 47.7 Å². The zero-order valence-corrected chi connectivity index (χ0v) is 14.2. The van der Waals surface area contributed by atoms with Gasteiger partial charge in [0.1, 0.15) is 11.5 Å². The van der Waals surface area contributed by atoms with Gasteiger partial charge >= 0.3 is 0 Å². The molecule has 0 aliphatic carbocycles. The number of hydrogen-bond donors (Lipinski definition) is 1. The zero-order valence-electron chi connectivity index (χ0n) is 14.2. The van der Waals surface area contributed by atoms with Crippen molar-refractivity contribution < 1.29 is 9.47 Å². The van der Waals surface area contributed by atoms with Gasteiger partial charge in [0.15, 0.2) is 0 Å². The Hall–Kier alpha value is -2.20. The first-order valence-corrected chi connectivity index (χ1v) is 7.87. The van der Waals surface area contributed by atoms with E-state index in [4.69, 9.17) is 15.2 Å². The fraction of sp³-hybridized carbons (Fsp3) is 0.368. The van der Waals surface area contributed by atoms with Crippen LogP contribution in [-0.2, 0) is 13.0 Å². The highest BCUT2D eigenvalue weighted by molar-refractivity contribution is 5.59. The smallest absolute Gasteiger partial charge is 0.145 e. The van der Waals surface area contributed by atoms with Gasteiger partial charge in [0.25, 0.3) is 0 Å². The molecular weight excluding hydrogens is 288 g/mol. The molecule has 2 rings (SSSR count). The molecule has 23 heavy (non-hydrogen) atoms. The molecule has 2 aromatic carbocycles. The number of aryl methyl sites for hydroxylation is 1. The van der Waals surface area contributed by atoms with Crippen molar-refractivity contribution in [3.63, 3.8) is 0 Å². The van der Waals surface area contributed by atoms with Gasteiger partial charge in [0, 0.05) is 12.6 Å². The van der Waals surface area contributed by atoms with Gasteiger partial charge in [-0.2, -0.15) is 0 Å². The summed E-state index contributed by atoms with van der Waals surface area (Å²) < 4.78 is 10.7. The van der Waals surface area contributed by atoms with Crippen molar-refractivity contribution in [1.29, 1.82) is 0 Å². The Bertz CT molecular complexity index is 614. The maximum atomic E-state index is 6.00. The summed E-state index contributed by atoms with van der Waals surface area (Å²) in [7, 11) is 5.44. The molecule has 4 nitrogen and oxygen atoms in total. The van der Waals surface area contributed by atoms with Crippen LogP contribution in [0.15, 0.2) is 42.5 Å². The Morgan fingerprint density at radius 3 is 2.35 bits per heavy atom. The Morgan fingerprint density at radius 1 is 1.00 bits per heavy atom. The molecule has 0 aromatic heterocycles. The minimum Gasteiger partial charge on any atom is -0.496 e. The monoisotopic (exact) mass is 314 g/mol. The molecule has 0 spiro atoms. The van der Waals surface area contributed by atoms with Crippen LogP contribution in [0.1, 0.15) is 17.5 Å². The van der Waals surface area contributed by atoms with Crippen molar-refractivity contribution in [2.75, 3.05) is 33.5 Å². The van der Waals surface area contributed by atoms with Crippen molar-refractivity contribution in [2.24, 2.45) is 0 Å². The molecule has 0 saturated heterocycles. The van der Waals surface area contributed by atoms with Crippen LogP contribution in [0.2, 0.25) is 0 Å². The van der Waals surface area contributed by atoms with Gasteiger partial charge in [-0.05, 0) is 43.6 Å². The number of nitrogens with zero attached hydrogens (tertiary/aromatic N) is 1. The number of benzene rings is 2. The van der Waals surface area contributed by atoms with E-state index in [0.29, 0.717) is 11.4 Å². The van der Waals surface area contributed by atoms with Crippen LogP contribution in [0.4, 0.5) is 5.69 Å². The van der Waals surface area contributed by atoms with Crippen LogP contribution in [0.5, 0.6) is 11.5 Å². The lowest BCUT2D eigenvalue weighted by Gasteiger charge is -2.17. The molecule has 0 aliphatic rings. The molecule has 0 atom stereocenters. The number of ether oxygens (including phenoxy) is 2. The van der Waals surface area contributed by atoms with E-state index in [1.807, 2.05) is 18.2 Å². The van der Waals surface area contributed by atoms with Gasteiger partial charge < -0.3 is 20.1 Å². The van der Waals surface area contributed by atoms with E-state index in [-0.39, 0.29) is 0 Å². The van der Waals surface area contributed by atoms with Crippen molar-refractivity contribution >= 4 is 5.69 Å². The number of nitrogens with two attached hydrogens (primary N) is 1. The number of hydrogen-bond acceptors (Lipinski definition) is 4. The Balaban J connectivity index is 1.89. The van der Waals surface area contributed by atoms with Crippen molar-refractivity contribution in [1.82, 2.24) is 4.90 Å². The lowest BCUT2D eigenvalue weighted by atomic mass is 10.1. The Kier molecular flexibility index (Phi) is 6.29. The summed E-state index contributed by atoms with van der Waals surface area (Å²) in [4.78, 5) is 2.33. The highest BCUT2D eigenvalue weighted by atomic mass is 16.5. The molecule has 0 aliphatic heterocycles. The van der Waals surface area contributed by atoms with Crippen LogP contribution < -0.4 is 15.2 Å². The molecule has 124 valence electrons. The van der Waals surface area contributed by atoms with Crippen LogP contribution in [0.25, 0.3) is 0 Å². The van der Waals surface area contributed by atoms with Gasteiger partial charge in [-0.3, -0.25) is 0 Å². The van der Waals surface area contributed by atoms with Crippen molar-refractivity contribution in [3.05, 3.63) is 53.6 Å². The zero-order chi connectivity index (χ0) is 16.7. The first kappa shape index (κ1) is 17.2. The first-order valence-electron chi connectivity index (χ1n) is 7.87. The van der Waals surface area contributed by atoms with E-state index in [0.717, 1.165) is 37.2 Å². The third-order valence-corrected chi connectivity index (χ3v) is 3.91. The lowest BCUT2D eigenvalue weighted by Crippen LogP contribution is -2.19. The molecule has 2 aromatic rings. The number of anilines is 1. The summed E-state index contributed by atoms with van der Waals surface area (Å²) >= 11 is 0. The highest BCUT2D eigenvalue weighted by Crippen LogP contribution is 2.31. The number of methoxy groups -OCH3 is 2. The van der Waals surface area contributed by atoms with E-state index in [2.05, 4.69) is 36.2 Å². The molecule has 2 N–H and O–H groups in total. The minimum absolute atomic E-state index is 0.654. The summed E-state index contributed by atoms with van der Waals surface area (Å²) in [5.41, 5.74) is 9.11. The standard InChI is InChI=1S/C19H26N2O2/c1-21(14-15-8-5-4-6-9-15)11-7-10-16-12-17(20)19(23-3)13-18(16)22-2/h4-6,8-9,12-13H,7,10-11,14,20H2,1-3H3. The van der Waals surface area contributed by atoms with Gasteiger partial charge in [0.05, 0.1) is 19.9 Å². The number of nitrogen functional groups attached to an aromatic ring is 1. The quantitative estimate of drug-likeness (QED) is 0.759. The molecule has 0 heterocycles. The molecule has 0 fully saturated rings. The molecule has 4 heteroatoms. The van der Waals surface area contributed by atoms with E-state index >= 15 is 0 Å². The normalized spacial score (nSPS) is 10.8. The summed E-state index contributed by atoms with van der Waals surface area (Å²) in [6.45, 7) is 1.98. The third kappa shape index (κ3) is 4.89. The second-order valence-electron chi connectivity index (χ2n) is 5.73. The maximum absolute atomic E-state index is 6.00. The van der Waals surface area contributed by atoms with Crippen LogP contribution in [0, 0.1) is 0 Å². The second kappa shape index (κ2) is 8.44. The summed E-state index contributed by atoms with van der Waals surface area (Å²) in [5, 5.41) is 0. The van der Waals surface area contributed by atoms with E-state index in [9.17, 15) is 0 Å². The predicted octanol–water partition coefficient (Wildman–Crippen LogP) is 3.35. The number of rotatable bonds is 8. The summed E-state index contributed by atoms with van der Waals surface area (Å²) in [5.74, 6) is 1.49. The van der Waals surface area contributed by atoms with Crippen LogP contribution in [-0.4, -0.2) is 32.7 Å². The average Bonchev–Trinajstić information content (AvgIpc) is 2.56. The maximum Gasteiger partial charge on any atom is 0.145 e.